The quantitative estimate of drug-likeness (QED) is 0.862. The average Bonchev–Trinajstić information content (AvgIpc) is 3.04. The predicted octanol–water partition coefficient (Wildman–Crippen LogP) is 0.975. The van der Waals surface area contributed by atoms with E-state index in [0.717, 1.165) is 12.8 Å². The summed E-state index contributed by atoms with van der Waals surface area (Å²) >= 11 is 0. The Labute approximate surface area is 134 Å². The third kappa shape index (κ3) is 3.35. The summed E-state index contributed by atoms with van der Waals surface area (Å²) in [5, 5.41) is 9.18. The molecular weight excluding hydrogens is 298 g/mol. The molecule has 0 radical (unpaired) electrons. The minimum absolute atomic E-state index is 0.0521. The van der Waals surface area contributed by atoms with Crippen LogP contribution in [0, 0.1) is 0 Å². The summed E-state index contributed by atoms with van der Waals surface area (Å²) in [6.45, 7) is -0.0521. The first-order chi connectivity index (χ1) is 11.1. The van der Waals surface area contributed by atoms with Crippen molar-refractivity contribution in [3.63, 3.8) is 0 Å². The number of aromatic amines is 1. The van der Waals surface area contributed by atoms with E-state index in [1.165, 1.54) is 23.8 Å². The standard InChI is InChI=1S/C16H25N3O4/c1-18(11-5-3-2-4-6-11)13-9-19(16(22)17-15(13)21)14-8-7-12(10-20)23-14/h9,11-12,14,20H,2-8,10H2,1H3,(H,17,21,22)/t12-,14+/m1/s1. The van der Waals surface area contributed by atoms with Crippen LogP contribution in [0.4, 0.5) is 5.69 Å². The molecule has 128 valence electrons. The molecule has 3 rings (SSSR count). The van der Waals surface area contributed by atoms with Gasteiger partial charge in [0.2, 0.25) is 0 Å². The van der Waals surface area contributed by atoms with E-state index < -0.39 is 11.9 Å². The molecule has 2 N–H and O–H groups in total. The highest BCUT2D eigenvalue weighted by Gasteiger charge is 2.28. The number of nitrogens with one attached hydrogen (secondary N) is 1. The molecule has 1 saturated heterocycles. The number of hydrogen-bond acceptors (Lipinski definition) is 5. The number of ether oxygens (including phenoxy) is 1. The Morgan fingerprint density at radius 2 is 2.00 bits per heavy atom. The van der Waals surface area contributed by atoms with Gasteiger partial charge in [0.15, 0.2) is 0 Å². The van der Waals surface area contributed by atoms with Gasteiger partial charge in [-0.05, 0) is 25.7 Å². The molecule has 0 unspecified atom stereocenters. The van der Waals surface area contributed by atoms with Gasteiger partial charge >= 0.3 is 5.69 Å². The minimum Gasteiger partial charge on any atom is -0.394 e. The van der Waals surface area contributed by atoms with Crippen LogP contribution in [0.15, 0.2) is 15.8 Å². The molecule has 2 heterocycles. The van der Waals surface area contributed by atoms with Crippen molar-refractivity contribution in [2.24, 2.45) is 0 Å². The normalized spacial score (nSPS) is 25.7. The van der Waals surface area contributed by atoms with Crippen molar-refractivity contribution in [1.82, 2.24) is 9.55 Å². The van der Waals surface area contributed by atoms with E-state index in [1.807, 2.05) is 11.9 Å². The molecule has 23 heavy (non-hydrogen) atoms. The maximum Gasteiger partial charge on any atom is 0.330 e. The molecular formula is C16H25N3O4. The van der Waals surface area contributed by atoms with Gasteiger partial charge in [-0.1, -0.05) is 19.3 Å². The molecule has 0 aromatic carbocycles. The van der Waals surface area contributed by atoms with Crippen molar-refractivity contribution < 1.29 is 9.84 Å². The molecule has 0 spiro atoms. The molecule has 2 atom stereocenters. The van der Waals surface area contributed by atoms with Gasteiger partial charge in [-0.15, -0.1) is 0 Å². The summed E-state index contributed by atoms with van der Waals surface area (Å²) in [5.41, 5.74) is -0.303. The van der Waals surface area contributed by atoms with Crippen molar-refractivity contribution in [1.29, 1.82) is 0 Å². The molecule has 1 saturated carbocycles. The van der Waals surface area contributed by atoms with Crippen LogP contribution in [0.3, 0.4) is 0 Å². The van der Waals surface area contributed by atoms with Crippen LogP contribution in [0.5, 0.6) is 0 Å². The Morgan fingerprint density at radius 1 is 1.26 bits per heavy atom. The second-order valence-electron chi connectivity index (χ2n) is 6.56. The van der Waals surface area contributed by atoms with Gasteiger partial charge in [0.1, 0.15) is 11.9 Å². The predicted molar refractivity (Wildman–Crippen MR) is 86.8 cm³/mol. The first kappa shape index (κ1) is 16.3. The van der Waals surface area contributed by atoms with Gasteiger partial charge < -0.3 is 14.7 Å². The van der Waals surface area contributed by atoms with Gasteiger partial charge in [-0.25, -0.2) is 4.79 Å². The molecule has 1 aromatic heterocycles. The smallest absolute Gasteiger partial charge is 0.330 e. The average molecular weight is 323 g/mol. The maximum atomic E-state index is 12.2. The third-order valence-corrected chi connectivity index (χ3v) is 5.05. The third-order valence-electron chi connectivity index (χ3n) is 5.05. The number of aliphatic hydroxyl groups excluding tert-OH is 1. The number of anilines is 1. The van der Waals surface area contributed by atoms with Crippen LogP contribution in [0.1, 0.15) is 51.2 Å². The fourth-order valence-corrected chi connectivity index (χ4v) is 3.63. The van der Waals surface area contributed by atoms with Crippen molar-refractivity contribution in [2.75, 3.05) is 18.6 Å². The summed E-state index contributed by atoms with van der Waals surface area (Å²) in [7, 11) is 1.92. The lowest BCUT2D eigenvalue weighted by Gasteiger charge is -2.32. The highest BCUT2D eigenvalue weighted by molar-refractivity contribution is 5.42. The second kappa shape index (κ2) is 6.88. The van der Waals surface area contributed by atoms with E-state index in [-0.39, 0.29) is 18.3 Å². The number of aromatic nitrogens is 2. The van der Waals surface area contributed by atoms with E-state index in [9.17, 15) is 14.7 Å². The van der Waals surface area contributed by atoms with Gasteiger partial charge in [-0.3, -0.25) is 14.3 Å². The Morgan fingerprint density at radius 3 is 2.65 bits per heavy atom. The molecule has 7 heteroatoms. The fourth-order valence-electron chi connectivity index (χ4n) is 3.63. The first-order valence-corrected chi connectivity index (χ1v) is 8.44. The van der Waals surface area contributed by atoms with Crippen LogP contribution in [0.25, 0.3) is 0 Å². The van der Waals surface area contributed by atoms with E-state index in [0.29, 0.717) is 24.6 Å². The summed E-state index contributed by atoms with van der Waals surface area (Å²) in [6.07, 6.45) is 8.06. The highest BCUT2D eigenvalue weighted by Crippen LogP contribution is 2.28. The van der Waals surface area contributed by atoms with E-state index in [4.69, 9.17) is 4.74 Å². The Balaban J connectivity index is 1.87. The lowest BCUT2D eigenvalue weighted by atomic mass is 9.94. The molecule has 7 nitrogen and oxygen atoms in total. The summed E-state index contributed by atoms with van der Waals surface area (Å²) < 4.78 is 7.12. The van der Waals surface area contributed by atoms with Crippen LogP contribution < -0.4 is 16.1 Å². The maximum absolute atomic E-state index is 12.2. The number of H-pyrrole nitrogens is 1. The van der Waals surface area contributed by atoms with E-state index in [1.54, 1.807) is 6.20 Å². The Kier molecular flexibility index (Phi) is 4.87. The SMILES string of the molecule is CN(c1cn([C@@H]2CC[C@H](CO)O2)c(=O)[nH]c1=O)C1CCCCC1. The zero-order valence-corrected chi connectivity index (χ0v) is 13.5. The van der Waals surface area contributed by atoms with Crippen molar-refractivity contribution in [3.8, 4) is 0 Å². The van der Waals surface area contributed by atoms with Crippen molar-refractivity contribution in [2.45, 2.75) is 63.3 Å². The molecule has 2 aliphatic rings. The van der Waals surface area contributed by atoms with Gasteiger partial charge in [0, 0.05) is 19.3 Å². The summed E-state index contributed by atoms with van der Waals surface area (Å²) in [6, 6.07) is 0.338. The summed E-state index contributed by atoms with van der Waals surface area (Å²) in [5.74, 6) is 0. The van der Waals surface area contributed by atoms with Crippen molar-refractivity contribution in [3.05, 3.63) is 27.0 Å². The number of nitrogens with zero attached hydrogens (tertiary/aromatic N) is 2. The largest absolute Gasteiger partial charge is 0.394 e. The Bertz CT molecular complexity index is 647. The monoisotopic (exact) mass is 323 g/mol. The van der Waals surface area contributed by atoms with Crippen LogP contribution in [-0.4, -0.2) is 40.5 Å². The molecule has 1 aromatic rings. The minimum atomic E-state index is -0.459. The van der Waals surface area contributed by atoms with Crippen molar-refractivity contribution >= 4 is 5.69 Å². The van der Waals surface area contributed by atoms with Gasteiger partial charge in [0.05, 0.1) is 12.7 Å². The van der Waals surface area contributed by atoms with Gasteiger partial charge in [-0.2, -0.15) is 0 Å². The van der Waals surface area contributed by atoms with Crippen LogP contribution in [0.2, 0.25) is 0 Å². The topological polar surface area (TPSA) is 87.6 Å². The number of rotatable bonds is 4. The van der Waals surface area contributed by atoms with E-state index >= 15 is 0 Å². The molecule has 0 bridgehead atoms. The van der Waals surface area contributed by atoms with Gasteiger partial charge in [0.25, 0.3) is 5.56 Å². The number of hydrogen-bond donors (Lipinski definition) is 2. The second-order valence-corrected chi connectivity index (χ2v) is 6.56. The zero-order chi connectivity index (χ0) is 16.4. The lowest BCUT2D eigenvalue weighted by Crippen LogP contribution is -2.40. The molecule has 1 aliphatic carbocycles. The first-order valence-electron chi connectivity index (χ1n) is 8.44. The molecule has 0 amide bonds. The number of aliphatic hydroxyl groups is 1. The highest BCUT2D eigenvalue weighted by atomic mass is 16.5. The Hall–Kier alpha value is -1.60. The summed E-state index contributed by atoms with van der Waals surface area (Å²) in [4.78, 5) is 28.7. The lowest BCUT2D eigenvalue weighted by molar-refractivity contribution is -0.0245. The molecule has 1 aliphatic heterocycles. The van der Waals surface area contributed by atoms with Crippen LogP contribution >= 0.6 is 0 Å². The molecule has 2 fully saturated rings. The fraction of sp³-hybridized carbons (Fsp3) is 0.750. The van der Waals surface area contributed by atoms with Crippen LogP contribution in [-0.2, 0) is 4.74 Å². The zero-order valence-electron chi connectivity index (χ0n) is 13.5. The van der Waals surface area contributed by atoms with E-state index in [2.05, 4.69) is 4.98 Å².